The molecule has 1 amide bonds. The minimum atomic E-state index is 0.111. The quantitative estimate of drug-likeness (QED) is 0.801. The van der Waals surface area contributed by atoms with Gasteiger partial charge in [0.25, 0.3) is 0 Å². The molecule has 1 aromatic carbocycles. The Balaban J connectivity index is 2.01. The molecule has 2 aromatic rings. The number of benzene rings is 1. The average Bonchev–Trinajstić information content (AvgIpc) is 2.95. The number of fused-ring (bicyclic) bond motifs is 1. The number of carbonyl (C=O) groups excluding carboxylic acids is 1. The molecule has 0 spiro atoms. The number of hydrogen-bond acceptors (Lipinski definition) is 4. The minimum absolute atomic E-state index is 0.111. The Morgan fingerprint density at radius 3 is 3.06 bits per heavy atom. The number of likely N-dealkylation sites (N-methyl/N-ethyl adjacent to an activating group) is 1. The molecule has 0 bridgehead atoms. The summed E-state index contributed by atoms with van der Waals surface area (Å²) in [4.78, 5) is 17.5. The highest BCUT2D eigenvalue weighted by molar-refractivity contribution is 6.01. The fourth-order valence-electron chi connectivity index (χ4n) is 2.12. The number of hydrogen-bond donors (Lipinski definition) is 2. The van der Waals surface area contributed by atoms with Gasteiger partial charge in [-0.25, -0.2) is 4.98 Å². The van der Waals surface area contributed by atoms with Gasteiger partial charge in [-0.05, 0) is 23.8 Å². The van der Waals surface area contributed by atoms with Gasteiger partial charge in [-0.1, -0.05) is 0 Å². The van der Waals surface area contributed by atoms with Gasteiger partial charge < -0.3 is 10.6 Å². The van der Waals surface area contributed by atoms with Crippen LogP contribution in [0.25, 0.3) is 11.4 Å². The van der Waals surface area contributed by atoms with Gasteiger partial charge >= 0.3 is 0 Å². The van der Waals surface area contributed by atoms with E-state index in [1.54, 1.807) is 11.9 Å². The van der Waals surface area contributed by atoms with Crippen LogP contribution in [0.15, 0.2) is 18.2 Å². The normalized spacial score (nSPS) is 14.1. The van der Waals surface area contributed by atoms with Crippen LogP contribution in [0.5, 0.6) is 0 Å². The van der Waals surface area contributed by atoms with Crippen molar-refractivity contribution in [2.45, 2.75) is 13.0 Å². The molecule has 0 saturated heterocycles. The number of aromatic nitrogens is 3. The third-order valence-electron chi connectivity index (χ3n) is 3.14. The van der Waals surface area contributed by atoms with E-state index < -0.39 is 0 Å². The summed E-state index contributed by atoms with van der Waals surface area (Å²) in [6, 6.07) is 5.80. The van der Waals surface area contributed by atoms with Crippen molar-refractivity contribution >= 4 is 11.6 Å². The summed E-state index contributed by atoms with van der Waals surface area (Å²) >= 11 is 0. The first-order valence-electron chi connectivity index (χ1n) is 5.70. The molecule has 3 N–H and O–H groups in total. The lowest BCUT2D eigenvalue weighted by atomic mass is 10.1. The van der Waals surface area contributed by atoms with Crippen LogP contribution < -0.4 is 10.6 Å². The molecule has 3 rings (SSSR count). The van der Waals surface area contributed by atoms with E-state index >= 15 is 0 Å². The van der Waals surface area contributed by atoms with Gasteiger partial charge in [0.1, 0.15) is 5.82 Å². The van der Waals surface area contributed by atoms with Gasteiger partial charge in [0.15, 0.2) is 5.82 Å². The van der Waals surface area contributed by atoms with Crippen molar-refractivity contribution in [1.29, 1.82) is 0 Å². The van der Waals surface area contributed by atoms with E-state index in [-0.39, 0.29) is 5.91 Å². The molecule has 1 aromatic heterocycles. The highest BCUT2D eigenvalue weighted by Gasteiger charge is 2.24. The van der Waals surface area contributed by atoms with Gasteiger partial charge in [-0.2, -0.15) is 5.10 Å². The maximum absolute atomic E-state index is 11.6. The van der Waals surface area contributed by atoms with E-state index in [9.17, 15) is 4.79 Å². The number of carbonyl (C=O) groups is 1. The first-order chi connectivity index (χ1) is 8.69. The third kappa shape index (κ3) is 1.58. The van der Waals surface area contributed by atoms with Crippen molar-refractivity contribution in [2.24, 2.45) is 5.73 Å². The van der Waals surface area contributed by atoms with E-state index in [4.69, 9.17) is 5.73 Å². The van der Waals surface area contributed by atoms with Gasteiger partial charge in [-0.15, -0.1) is 0 Å². The van der Waals surface area contributed by atoms with Gasteiger partial charge in [-0.3, -0.25) is 9.89 Å². The van der Waals surface area contributed by atoms with E-state index in [0.717, 1.165) is 16.8 Å². The molecule has 0 atom stereocenters. The second-order valence-electron chi connectivity index (χ2n) is 4.28. The lowest BCUT2D eigenvalue weighted by Crippen LogP contribution is -2.20. The van der Waals surface area contributed by atoms with Gasteiger partial charge in [0, 0.05) is 18.3 Å². The maximum atomic E-state index is 11.6. The van der Waals surface area contributed by atoms with Crippen molar-refractivity contribution in [1.82, 2.24) is 15.2 Å². The highest BCUT2D eigenvalue weighted by Crippen LogP contribution is 2.30. The number of H-pyrrole nitrogens is 1. The van der Waals surface area contributed by atoms with Crippen LogP contribution in [0.2, 0.25) is 0 Å². The van der Waals surface area contributed by atoms with Gasteiger partial charge in [0.2, 0.25) is 5.91 Å². The summed E-state index contributed by atoms with van der Waals surface area (Å²) in [7, 11) is 1.78. The van der Waals surface area contributed by atoms with Crippen molar-refractivity contribution in [3.05, 3.63) is 29.6 Å². The van der Waals surface area contributed by atoms with Gasteiger partial charge in [0.05, 0.1) is 13.0 Å². The Labute approximate surface area is 104 Å². The molecule has 0 saturated carbocycles. The zero-order valence-electron chi connectivity index (χ0n) is 9.97. The Morgan fingerprint density at radius 1 is 1.50 bits per heavy atom. The van der Waals surface area contributed by atoms with Crippen LogP contribution in [0.3, 0.4) is 0 Å². The summed E-state index contributed by atoms with van der Waals surface area (Å²) in [5.74, 6) is 1.37. The standard InChI is InChI=1S/C12H13N5O/c1-17-9-3-2-7(4-8(9)5-11(17)18)12-14-10(6-13)15-16-12/h2-4H,5-6,13H2,1H3,(H,14,15,16). The molecular formula is C12H13N5O. The van der Waals surface area contributed by atoms with Crippen LogP contribution in [0.1, 0.15) is 11.4 Å². The number of aromatic amines is 1. The van der Waals surface area contributed by atoms with Crippen molar-refractivity contribution in [3.63, 3.8) is 0 Å². The predicted octanol–water partition coefficient (Wildman–Crippen LogP) is 0.449. The summed E-state index contributed by atoms with van der Waals surface area (Å²) in [6.07, 6.45) is 0.438. The molecule has 1 aliphatic rings. The Hall–Kier alpha value is -2.21. The number of nitrogens with one attached hydrogen (secondary N) is 1. The third-order valence-corrected chi connectivity index (χ3v) is 3.14. The van der Waals surface area contributed by atoms with Crippen molar-refractivity contribution in [3.8, 4) is 11.4 Å². The topological polar surface area (TPSA) is 87.9 Å². The minimum Gasteiger partial charge on any atom is -0.324 e. The molecule has 0 radical (unpaired) electrons. The fraction of sp³-hybridized carbons (Fsp3) is 0.250. The number of rotatable bonds is 2. The number of nitrogens with zero attached hydrogens (tertiary/aromatic N) is 3. The molecule has 6 nitrogen and oxygen atoms in total. The molecule has 6 heteroatoms. The Bertz CT molecular complexity index is 619. The molecule has 0 aliphatic carbocycles. The Kier molecular flexibility index (Phi) is 2.38. The number of anilines is 1. The van der Waals surface area contributed by atoms with Crippen molar-refractivity contribution in [2.75, 3.05) is 11.9 Å². The molecule has 18 heavy (non-hydrogen) atoms. The summed E-state index contributed by atoms with van der Waals surface area (Å²) < 4.78 is 0. The molecular weight excluding hydrogens is 230 g/mol. The van der Waals surface area contributed by atoms with E-state index in [2.05, 4.69) is 15.2 Å². The summed E-state index contributed by atoms with van der Waals surface area (Å²) in [5.41, 5.74) is 8.35. The molecule has 1 aliphatic heterocycles. The highest BCUT2D eigenvalue weighted by atomic mass is 16.2. The predicted molar refractivity (Wildman–Crippen MR) is 66.8 cm³/mol. The Morgan fingerprint density at radius 2 is 2.33 bits per heavy atom. The zero-order chi connectivity index (χ0) is 12.7. The van der Waals surface area contributed by atoms with E-state index in [1.165, 1.54) is 0 Å². The van der Waals surface area contributed by atoms with E-state index in [1.807, 2.05) is 18.2 Å². The van der Waals surface area contributed by atoms with Crippen LogP contribution >= 0.6 is 0 Å². The smallest absolute Gasteiger partial charge is 0.231 e. The number of amides is 1. The lowest BCUT2D eigenvalue weighted by molar-refractivity contribution is -0.117. The second kappa shape index (κ2) is 3.92. The SMILES string of the molecule is CN1C(=O)Cc2cc(-c3n[nH]c(CN)n3)ccc21. The first-order valence-corrected chi connectivity index (χ1v) is 5.70. The van der Waals surface area contributed by atoms with Crippen LogP contribution in [-0.4, -0.2) is 28.1 Å². The summed E-state index contributed by atoms with van der Waals surface area (Å²) in [6.45, 7) is 0.333. The van der Waals surface area contributed by atoms with Crippen LogP contribution in [0.4, 0.5) is 5.69 Å². The lowest BCUT2D eigenvalue weighted by Gasteiger charge is -2.09. The maximum Gasteiger partial charge on any atom is 0.231 e. The molecule has 92 valence electrons. The molecule has 0 fully saturated rings. The largest absolute Gasteiger partial charge is 0.324 e. The fourth-order valence-corrected chi connectivity index (χ4v) is 2.12. The second-order valence-corrected chi connectivity index (χ2v) is 4.28. The molecule has 2 heterocycles. The molecule has 0 unspecified atom stereocenters. The monoisotopic (exact) mass is 243 g/mol. The zero-order valence-corrected chi connectivity index (χ0v) is 9.97. The number of nitrogens with two attached hydrogens (primary N) is 1. The van der Waals surface area contributed by atoms with Crippen molar-refractivity contribution < 1.29 is 4.79 Å². The summed E-state index contributed by atoms with van der Waals surface area (Å²) in [5, 5.41) is 6.88. The van der Waals surface area contributed by atoms with Crippen LogP contribution in [-0.2, 0) is 17.8 Å². The first kappa shape index (κ1) is 10.9. The van der Waals surface area contributed by atoms with Crippen LogP contribution in [0, 0.1) is 0 Å². The average molecular weight is 243 g/mol. The van der Waals surface area contributed by atoms with E-state index in [0.29, 0.717) is 24.6 Å².